The highest BCUT2D eigenvalue weighted by Crippen LogP contribution is 2.22. The van der Waals surface area contributed by atoms with Crippen molar-refractivity contribution in [2.75, 3.05) is 0 Å². The first-order chi connectivity index (χ1) is 7.45. The fourth-order valence-electron chi connectivity index (χ4n) is 2.09. The highest BCUT2D eigenvalue weighted by molar-refractivity contribution is 5.84. The Balaban J connectivity index is 2.19. The number of hydrogen-bond donors (Lipinski definition) is 0. The van der Waals surface area contributed by atoms with Gasteiger partial charge in [0.2, 0.25) is 0 Å². The van der Waals surface area contributed by atoms with E-state index in [0.29, 0.717) is 0 Å². The standard InChI is InChI=1S/C14H13N/c1-2-7-13(8-3-1)15-11-10-12-6-4-5-9-14(12)15/h2,4-11H,1,3H2. The fraction of sp³-hybridized carbons (Fsp3) is 0.143. The van der Waals surface area contributed by atoms with Crippen LogP contribution in [0.15, 0.2) is 54.8 Å². The van der Waals surface area contributed by atoms with Gasteiger partial charge in [0, 0.05) is 11.9 Å². The molecule has 0 spiro atoms. The average molecular weight is 195 g/mol. The van der Waals surface area contributed by atoms with Crippen molar-refractivity contribution in [3.63, 3.8) is 0 Å². The zero-order valence-corrected chi connectivity index (χ0v) is 8.56. The van der Waals surface area contributed by atoms with Crippen LogP contribution < -0.4 is 0 Å². The SMILES string of the molecule is C1=CC(n2ccc3ccccc32)=CCC1. The number of fused-ring (bicyclic) bond motifs is 1. The second-order valence-electron chi connectivity index (χ2n) is 3.85. The number of nitrogens with zero attached hydrogens (tertiary/aromatic N) is 1. The van der Waals surface area contributed by atoms with Crippen LogP contribution in [0, 0.1) is 0 Å². The largest absolute Gasteiger partial charge is 0.317 e. The first-order valence-corrected chi connectivity index (χ1v) is 5.38. The van der Waals surface area contributed by atoms with Crippen molar-refractivity contribution >= 4 is 16.6 Å². The Bertz CT molecular complexity index is 543. The van der Waals surface area contributed by atoms with E-state index in [-0.39, 0.29) is 0 Å². The Morgan fingerprint density at radius 2 is 1.93 bits per heavy atom. The lowest BCUT2D eigenvalue weighted by molar-refractivity contribution is 1.01. The van der Waals surface area contributed by atoms with Gasteiger partial charge in [0.15, 0.2) is 0 Å². The summed E-state index contributed by atoms with van der Waals surface area (Å²) in [5.41, 5.74) is 2.58. The normalized spacial score (nSPS) is 15.6. The van der Waals surface area contributed by atoms with Crippen LogP contribution in [-0.4, -0.2) is 4.57 Å². The summed E-state index contributed by atoms with van der Waals surface area (Å²) < 4.78 is 2.25. The zero-order valence-electron chi connectivity index (χ0n) is 8.56. The fourth-order valence-corrected chi connectivity index (χ4v) is 2.09. The van der Waals surface area contributed by atoms with Crippen molar-refractivity contribution in [3.8, 4) is 0 Å². The van der Waals surface area contributed by atoms with Crippen LogP contribution in [0.25, 0.3) is 16.6 Å². The maximum absolute atomic E-state index is 2.30. The van der Waals surface area contributed by atoms with Gasteiger partial charge in [0.1, 0.15) is 0 Å². The summed E-state index contributed by atoms with van der Waals surface area (Å²) in [4.78, 5) is 0. The molecule has 0 atom stereocenters. The molecule has 0 unspecified atom stereocenters. The molecule has 0 saturated heterocycles. The Hall–Kier alpha value is -1.76. The molecule has 74 valence electrons. The minimum atomic E-state index is 1.15. The van der Waals surface area contributed by atoms with Crippen molar-refractivity contribution in [3.05, 3.63) is 54.8 Å². The monoisotopic (exact) mass is 195 g/mol. The average Bonchev–Trinajstić information content (AvgIpc) is 2.74. The lowest BCUT2D eigenvalue weighted by Gasteiger charge is -2.09. The maximum Gasteiger partial charge on any atom is 0.0528 e. The van der Waals surface area contributed by atoms with Gasteiger partial charge in [-0.05, 0) is 36.4 Å². The van der Waals surface area contributed by atoms with Gasteiger partial charge in [-0.3, -0.25) is 0 Å². The molecule has 0 radical (unpaired) electrons. The van der Waals surface area contributed by atoms with E-state index >= 15 is 0 Å². The second-order valence-corrected chi connectivity index (χ2v) is 3.85. The third-order valence-electron chi connectivity index (χ3n) is 2.85. The molecule has 1 aromatic heterocycles. The molecule has 3 rings (SSSR count). The smallest absolute Gasteiger partial charge is 0.0528 e. The predicted octanol–water partition coefficient (Wildman–Crippen LogP) is 3.83. The van der Waals surface area contributed by atoms with Crippen molar-refractivity contribution in [1.29, 1.82) is 0 Å². The minimum absolute atomic E-state index is 1.15. The van der Waals surface area contributed by atoms with Crippen molar-refractivity contribution < 1.29 is 0 Å². The van der Waals surface area contributed by atoms with Crippen LogP contribution in [0.3, 0.4) is 0 Å². The Morgan fingerprint density at radius 3 is 2.80 bits per heavy atom. The maximum atomic E-state index is 2.30. The second kappa shape index (κ2) is 3.43. The molecule has 0 fully saturated rings. The molecule has 1 aliphatic carbocycles. The van der Waals surface area contributed by atoms with Crippen LogP contribution in [-0.2, 0) is 0 Å². The summed E-state index contributed by atoms with van der Waals surface area (Å²) in [5.74, 6) is 0. The summed E-state index contributed by atoms with van der Waals surface area (Å²) in [6.07, 6.45) is 11.2. The number of para-hydroxylation sites is 1. The van der Waals surface area contributed by atoms with E-state index in [0.717, 1.165) is 6.42 Å². The molecule has 1 nitrogen and oxygen atoms in total. The van der Waals surface area contributed by atoms with E-state index < -0.39 is 0 Å². The minimum Gasteiger partial charge on any atom is -0.317 e. The third kappa shape index (κ3) is 1.40. The van der Waals surface area contributed by atoms with Crippen LogP contribution in [0.5, 0.6) is 0 Å². The van der Waals surface area contributed by atoms with E-state index in [4.69, 9.17) is 0 Å². The molecule has 15 heavy (non-hydrogen) atoms. The van der Waals surface area contributed by atoms with Gasteiger partial charge in [-0.15, -0.1) is 0 Å². The van der Waals surface area contributed by atoms with Crippen LogP contribution in [0.1, 0.15) is 12.8 Å². The molecule has 1 heterocycles. The highest BCUT2D eigenvalue weighted by Gasteiger charge is 2.03. The highest BCUT2D eigenvalue weighted by atomic mass is 15.0. The zero-order chi connectivity index (χ0) is 10.1. The first-order valence-electron chi connectivity index (χ1n) is 5.38. The molecule has 0 bridgehead atoms. The molecule has 0 aliphatic heterocycles. The molecule has 1 aliphatic rings. The molecular weight excluding hydrogens is 182 g/mol. The van der Waals surface area contributed by atoms with Crippen molar-refractivity contribution in [2.24, 2.45) is 0 Å². The van der Waals surface area contributed by atoms with E-state index in [1.165, 1.54) is 23.0 Å². The molecule has 1 aromatic carbocycles. The summed E-state index contributed by atoms with van der Waals surface area (Å²) in [7, 11) is 0. The Kier molecular flexibility index (Phi) is 1.95. The number of allylic oxidation sites excluding steroid dienone is 4. The summed E-state index contributed by atoms with van der Waals surface area (Å²) >= 11 is 0. The predicted molar refractivity (Wildman–Crippen MR) is 64.6 cm³/mol. The molecule has 0 saturated carbocycles. The Labute approximate surface area is 89.3 Å². The number of aromatic nitrogens is 1. The summed E-state index contributed by atoms with van der Waals surface area (Å²) in [6.45, 7) is 0. The van der Waals surface area contributed by atoms with Crippen LogP contribution >= 0.6 is 0 Å². The van der Waals surface area contributed by atoms with E-state index in [1.54, 1.807) is 0 Å². The lowest BCUT2D eigenvalue weighted by atomic mass is 10.1. The molecule has 0 N–H and O–H groups in total. The molecular formula is C14H13N. The Morgan fingerprint density at radius 1 is 1.00 bits per heavy atom. The van der Waals surface area contributed by atoms with Gasteiger partial charge < -0.3 is 4.57 Å². The van der Waals surface area contributed by atoms with Gasteiger partial charge in [-0.1, -0.05) is 30.4 Å². The summed E-state index contributed by atoms with van der Waals surface area (Å²) in [5, 5.41) is 1.30. The first kappa shape index (κ1) is 8.54. The quantitative estimate of drug-likeness (QED) is 0.651. The molecule has 2 aromatic rings. The van der Waals surface area contributed by atoms with Gasteiger partial charge >= 0.3 is 0 Å². The topological polar surface area (TPSA) is 4.93 Å². The molecule has 0 amide bonds. The van der Waals surface area contributed by atoms with Crippen LogP contribution in [0.2, 0.25) is 0 Å². The van der Waals surface area contributed by atoms with Crippen molar-refractivity contribution in [2.45, 2.75) is 12.8 Å². The van der Waals surface area contributed by atoms with Gasteiger partial charge in [0.25, 0.3) is 0 Å². The molecule has 1 heteroatoms. The van der Waals surface area contributed by atoms with E-state index in [1.807, 2.05) is 0 Å². The summed E-state index contributed by atoms with van der Waals surface area (Å²) in [6, 6.07) is 10.7. The lowest BCUT2D eigenvalue weighted by Crippen LogP contribution is -1.94. The van der Waals surface area contributed by atoms with Crippen molar-refractivity contribution in [1.82, 2.24) is 4.57 Å². The van der Waals surface area contributed by atoms with Gasteiger partial charge in [-0.25, -0.2) is 0 Å². The van der Waals surface area contributed by atoms with E-state index in [2.05, 4.69) is 59.3 Å². The van der Waals surface area contributed by atoms with Gasteiger partial charge in [-0.2, -0.15) is 0 Å². The third-order valence-corrected chi connectivity index (χ3v) is 2.85. The van der Waals surface area contributed by atoms with Gasteiger partial charge in [0.05, 0.1) is 5.52 Å². The number of benzene rings is 1. The number of hydrogen-bond acceptors (Lipinski definition) is 0. The van der Waals surface area contributed by atoms with E-state index in [9.17, 15) is 0 Å². The van der Waals surface area contributed by atoms with Crippen LogP contribution in [0.4, 0.5) is 0 Å². The number of rotatable bonds is 1.